The van der Waals surface area contributed by atoms with Gasteiger partial charge < -0.3 is 14.4 Å². The maximum absolute atomic E-state index is 12.2. The first-order chi connectivity index (χ1) is 8.58. The number of piperidine rings is 1. The highest BCUT2D eigenvalue weighted by atomic mass is 16.6. The van der Waals surface area contributed by atoms with E-state index in [2.05, 4.69) is 4.90 Å². The summed E-state index contributed by atoms with van der Waals surface area (Å²) in [6.45, 7) is 6.49. The molecule has 0 radical (unpaired) electrons. The van der Waals surface area contributed by atoms with Crippen LogP contribution in [0.25, 0.3) is 0 Å². The molecule has 0 amide bonds. The number of esters is 1. The highest BCUT2D eigenvalue weighted by Gasteiger charge is 2.65. The molecule has 5 atom stereocenters. The van der Waals surface area contributed by atoms with Crippen molar-refractivity contribution < 1.29 is 19.1 Å². The molecule has 0 N–H and O–H groups in total. The van der Waals surface area contributed by atoms with Gasteiger partial charge in [-0.25, -0.2) is 0 Å². The van der Waals surface area contributed by atoms with E-state index < -0.39 is 23.6 Å². The molecule has 100 valence electrons. The summed E-state index contributed by atoms with van der Waals surface area (Å²) in [7, 11) is 0. The van der Waals surface area contributed by atoms with E-state index in [4.69, 9.17) is 9.47 Å². The monoisotopic (exact) mass is 253 g/mol. The molecule has 1 spiro atoms. The van der Waals surface area contributed by atoms with Crippen LogP contribution in [0.2, 0.25) is 0 Å². The molecule has 3 fully saturated rings. The maximum atomic E-state index is 12.2. The fraction of sp³-hybridized carbons (Fsp3) is 0.846. The number of rotatable bonds is 2. The van der Waals surface area contributed by atoms with Crippen molar-refractivity contribution in [2.45, 2.75) is 32.0 Å². The van der Waals surface area contributed by atoms with Gasteiger partial charge in [0.2, 0.25) is 0 Å². The van der Waals surface area contributed by atoms with E-state index in [1.165, 1.54) is 0 Å². The van der Waals surface area contributed by atoms with Gasteiger partial charge in [0.15, 0.2) is 5.78 Å². The zero-order chi connectivity index (χ0) is 12.9. The van der Waals surface area contributed by atoms with Crippen LogP contribution >= 0.6 is 0 Å². The van der Waals surface area contributed by atoms with Crippen LogP contribution in [0.15, 0.2) is 0 Å². The fourth-order valence-corrected chi connectivity index (χ4v) is 3.79. The second kappa shape index (κ2) is 4.03. The lowest BCUT2D eigenvalue weighted by atomic mass is 9.76. The van der Waals surface area contributed by atoms with Gasteiger partial charge in [0, 0.05) is 19.0 Å². The van der Waals surface area contributed by atoms with Crippen molar-refractivity contribution in [3.63, 3.8) is 0 Å². The second-order valence-electron chi connectivity index (χ2n) is 5.52. The van der Waals surface area contributed by atoms with E-state index in [9.17, 15) is 9.59 Å². The Kier molecular flexibility index (Phi) is 2.71. The number of carbonyl (C=O) groups is 2. The molecule has 0 saturated carbocycles. The lowest BCUT2D eigenvalue weighted by molar-refractivity contribution is -0.159. The number of hydrogen-bond donors (Lipinski definition) is 0. The van der Waals surface area contributed by atoms with Crippen LogP contribution in [0.3, 0.4) is 0 Å². The normalized spacial score (nSPS) is 46.0. The van der Waals surface area contributed by atoms with Gasteiger partial charge >= 0.3 is 5.97 Å². The molecule has 0 aliphatic carbocycles. The van der Waals surface area contributed by atoms with Gasteiger partial charge in [-0.2, -0.15) is 0 Å². The molecule has 5 heteroatoms. The SMILES string of the molecule is CCOC(=O)C1C(=O)C(C)OC12CN1CCC2C1. The molecule has 3 aliphatic heterocycles. The van der Waals surface area contributed by atoms with Crippen LogP contribution < -0.4 is 0 Å². The Labute approximate surface area is 106 Å². The first-order valence-electron chi connectivity index (χ1n) is 6.69. The summed E-state index contributed by atoms with van der Waals surface area (Å²) in [6.07, 6.45) is 0.524. The maximum Gasteiger partial charge on any atom is 0.319 e. The summed E-state index contributed by atoms with van der Waals surface area (Å²) in [5.74, 6) is -0.939. The Morgan fingerprint density at radius 1 is 1.61 bits per heavy atom. The van der Waals surface area contributed by atoms with E-state index in [0.29, 0.717) is 19.1 Å². The Morgan fingerprint density at radius 2 is 2.39 bits per heavy atom. The molecule has 5 nitrogen and oxygen atoms in total. The molecule has 3 heterocycles. The van der Waals surface area contributed by atoms with E-state index in [0.717, 1.165) is 19.5 Å². The Morgan fingerprint density at radius 3 is 2.94 bits per heavy atom. The van der Waals surface area contributed by atoms with Crippen molar-refractivity contribution in [1.82, 2.24) is 4.90 Å². The minimum Gasteiger partial charge on any atom is -0.465 e. The van der Waals surface area contributed by atoms with E-state index >= 15 is 0 Å². The Bertz CT molecular complexity index is 396. The van der Waals surface area contributed by atoms with Gasteiger partial charge in [-0.15, -0.1) is 0 Å². The van der Waals surface area contributed by atoms with Gasteiger partial charge in [0.05, 0.1) is 6.61 Å². The van der Waals surface area contributed by atoms with Crippen molar-refractivity contribution >= 4 is 11.8 Å². The summed E-state index contributed by atoms with van der Waals surface area (Å²) in [6, 6.07) is 0. The quantitative estimate of drug-likeness (QED) is 0.521. The number of nitrogens with zero attached hydrogens (tertiary/aromatic N) is 1. The summed E-state index contributed by atoms with van der Waals surface area (Å²) < 4.78 is 11.0. The fourth-order valence-electron chi connectivity index (χ4n) is 3.79. The van der Waals surface area contributed by atoms with E-state index in [1.54, 1.807) is 13.8 Å². The molecule has 3 aliphatic rings. The largest absolute Gasteiger partial charge is 0.465 e. The summed E-state index contributed by atoms with van der Waals surface area (Å²) in [5.41, 5.74) is -0.610. The van der Waals surface area contributed by atoms with Crippen LogP contribution in [0.4, 0.5) is 0 Å². The number of Topliss-reactive ketones (excluding diaryl/α,β-unsaturated/α-hetero) is 1. The Balaban J connectivity index is 1.93. The molecule has 2 bridgehead atoms. The molecule has 3 saturated heterocycles. The molecule has 0 aromatic heterocycles. The van der Waals surface area contributed by atoms with Crippen LogP contribution in [-0.4, -0.2) is 54.6 Å². The van der Waals surface area contributed by atoms with Gasteiger partial charge in [-0.05, 0) is 26.8 Å². The van der Waals surface area contributed by atoms with Crippen molar-refractivity contribution in [2.24, 2.45) is 11.8 Å². The molecule has 18 heavy (non-hydrogen) atoms. The van der Waals surface area contributed by atoms with E-state index in [1.807, 2.05) is 0 Å². The van der Waals surface area contributed by atoms with Crippen molar-refractivity contribution in [1.29, 1.82) is 0 Å². The molecular formula is C13H19NO4. The predicted molar refractivity (Wildman–Crippen MR) is 63.0 cm³/mol. The smallest absolute Gasteiger partial charge is 0.319 e. The predicted octanol–water partition coefficient (Wildman–Crippen LogP) is 0.228. The molecule has 3 rings (SSSR count). The average molecular weight is 253 g/mol. The van der Waals surface area contributed by atoms with Crippen LogP contribution in [0.1, 0.15) is 20.3 Å². The topological polar surface area (TPSA) is 55.8 Å². The van der Waals surface area contributed by atoms with Gasteiger partial charge in [0.25, 0.3) is 0 Å². The highest BCUT2D eigenvalue weighted by Crippen LogP contribution is 2.49. The van der Waals surface area contributed by atoms with Gasteiger partial charge in [-0.1, -0.05) is 0 Å². The average Bonchev–Trinajstić information content (AvgIpc) is 2.95. The number of hydrogen-bond acceptors (Lipinski definition) is 5. The summed E-state index contributed by atoms with van der Waals surface area (Å²) in [4.78, 5) is 26.6. The first-order valence-corrected chi connectivity index (χ1v) is 6.69. The van der Waals surface area contributed by atoms with Crippen molar-refractivity contribution in [3.05, 3.63) is 0 Å². The van der Waals surface area contributed by atoms with Crippen molar-refractivity contribution in [2.75, 3.05) is 26.2 Å². The van der Waals surface area contributed by atoms with Crippen molar-refractivity contribution in [3.8, 4) is 0 Å². The minimum absolute atomic E-state index is 0.109. The standard InChI is InChI=1S/C13H19NO4/c1-3-17-12(16)10-11(15)8(2)18-13(10)7-14-5-4-9(13)6-14/h8-10H,3-7H2,1-2H3. The molecule has 0 aromatic carbocycles. The number of carbonyl (C=O) groups excluding carboxylic acids is 2. The van der Waals surface area contributed by atoms with Crippen LogP contribution in [0, 0.1) is 11.8 Å². The van der Waals surface area contributed by atoms with Crippen LogP contribution in [-0.2, 0) is 19.1 Å². The zero-order valence-corrected chi connectivity index (χ0v) is 10.8. The lowest BCUT2D eigenvalue weighted by Gasteiger charge is -2.35. The summed E-state index contributed by atoms with van der Waals surface area (Å²) >= 11 is 0. The number of ketones is 1. The third-order valence-corrected chi connectivity index (χ3v) is 4.53. The van der Waals surface area contributed by atoms with Gasteiger partial charge in [-0.3, -0.25) is 9.59 Å². The molecular weight excluding hydrogens is 234 g/mol. The Hall–Kier alpha value is -0.940. The van der Waals surface area contributed by atoms with Crippen LogP contribution in [0.5, 0.6) is 0 Å². The lowest BCUT2D eigenvalue weighted by Crippen LogP contribution is -2.51. The van der Waals surface area contributed by atoms with Gasteiger partial charge in [0.1, 0.15) is 17.6 Å². The minimum atomic E-state index is -0.720. The third kappa shape index (κ3) is 1.47. The third-order valence-electron chi connectivity index (χ3n) is 4.53. The number of fused-ring (bicyclic) bond motifs is 3. The van der Waals surface area contributed by atoms with E-state index in [-0.39, 0.29) is 5.78 Å². The second-order valence-corrected chi connectivity index (χ2v) is 5.52. The zero-order valence-electron chi connectivity index (χ0n) is 10.8. The molecule has 5 unspecified atom stereocenters. The summed E-state index contributed by atoms with van der Waals surface area (Å²) in [5, 5.41) is 0. The first kappa shape index (κ1) is 12.1. The number of ether oxygens (including phenoxy) is 2. The molecule has 0 aromatic rings. The highest BCUT2D eigenvalue weighted by molar-refractivity contribution is 6.04.